The quantitative estimate of drug-likeness (QED) is 0.467. The maximum atomic E-state index is 13.7. The van der Waals surface area contributed by atoms with Gasteiger partial charge in [0.1, 0.15) is 11.7 Å². The highest BCUT2D eigenvalue weighted by atomic mass is 32.1. The maximum absolute atomic E-state index is 13.7. The molecule has 1 aliphatic heterocycles. The van der Waals surface area contributed by atoms with Crippen LogP contribution in [0.1, 0.15) is 21.3 Å². The number of ketones is 1. The Kier molecular flexibility index (Phi) is 4.67. The van der Waals surface area contributed by atoms with Crippen LogP contribution in [0.25, 0.3) is 0 Å². The van der Waals surface area contributed by atoms with Crippen LogP contribution in [0.15, 0.2) is 41.8 Å². The van der Waals surface area contributed by atoms with Gasteiger partial charge in [-0.3, -0.25) is 4.79 Å². The first-order valence-electron chi connectivity index (χ1n) is 7.38. The maximum Gasteiger partial charge on any atom is 0.437 e. The molecule has 10 heteroatoms. The smallest absolute Gasteiger partial charge is 0.437 e. The Morgan fingerprint density at radius 3 is 2.58 bits per heavy atom. The number of halogens is 3. The minimum atomic E-state index is -5.17. The molecule has 0 unspecified atom stereocenters. The lowest BCUT2D eigenvalue weighted by Gasteiger charge is -2.46. The standard InChI is InChI=1S/C16H13F3N2O3S2/c17-16(18,19)15(24)11(13(23)10-5-2-6-26-10)12(20-14(25)21-15)8-3-1-4-9(22)7-8/h1-7,11-12,22,24H,(H2,20,21,25)/t11-,12-,15+/m1/s1. The number of alkyl halides is 3. The zero-order valence-corrected chi connectivity index (χ0v) is 14.6. The number of carbonyl (C=O) groups is 1. The van der Waals surface area contributed by atoms with Crippen molar-refractivity contribution in [3.63, 3.8) is 0 Å². The number of benzene rings is 1. The van der Waals surface area contributed by atoms with E-state index in [0.29, 0.717) is 0 Å². The summed E-state index contributed by atoms with van der Waals surface area (Å²) >= 11 is 5.79. The molecule has 0 saturated carbocycles. The molecule has 1 saturated heterocycles. The first-order chi connectivity index (χ1) is 12.1. The summed E-state index contributed by atoms with van der Waals surface area (Å²) in [5.41, 5.74) is -3.38. The van der Waals surface area contributed by atoms with Crippen molar-refractivity contribution >= 4 is 34.5 Å². The molecule has 1 aromatic carbocycles. The first-order valence-corrected chi connectivity index (χ1v) is 8.66. The molecule has 1 aromatic heterocycles. The Balaban J connectivity index is 2.16. The number of phenolic OH excluding ortho intramolecular Hbond substituents is 1. The molecular weight excluding hydrogens is 389 g/mol. The molecule has 5 nitrogen and oxygen atoms in total. The lowest BCUT2D eigenvalue weighted by molar-refractivity contribution is -0.285. The van der Waals surface area contributed by atoms with Gasteiger partial charge >= 0.3 is 6.18 Å². The van der Waals surface area contributed by atoms with Gasteiger partial charge in [0.25, 0.3) is 0 Å². The zero-order valence-electron chi connectivity index (χ0n) is 12.9. The van der Waals surface area contributed by atoms with Gasteiger partial charge in [-0.25, -0.2) is 0 Å². The SMILES string of the molecule is O=C(c1cccs1)[C@H]1[C@@H](c2cccc(O)c2)NC(=S)N[C@@]1(O)C(F)(F)F. The van der Waals surface area contributed by atoms with Crippen molar-refractivity contribution in [2.75, 3.05) is 0 Å². The molecule has 26 heavy (non-hydrogen) atoms. The van der Waals surface area contributed by atoms with Crippen molar-refractivity contribution in [2.24, 2.45) is 5.92 Å². The largest absolute Gasteiger partial charge is 0.508 e. The number of thiophene rings is 1. The predicted molar refractivity (Wildman–Crippen MR) is 92.9 cm³/mol. The van der Waals surface area contributed by atoms with Crippen LogP contribution in [0.4, 0.5) is 13.2 Å². The number of hydrogen-bond donors (Lipinski definition) is 4. The van der Waals surface area contributed by atoms with Gasteiger partial charge < -0.3 is 20.8 Å². The van der Waals surface area contributed by atoms with Gasteiger partial charge in [-0.15, -0.1) is 11.3 Å². The average molecular weight is 402 g/mol. The molecule has 2 heterocycles. The van der Waals surface area contributed by atoms with Gasteiger partial charge in [-0.05, 0) is 41.4 Å². The molecule has 0 aliphatic carbocycles. The highest BCUT2D eigenvalue weighted by molar-refractivity contribution is 7.80. The number of aliphatic hydroxyl groups is 1. The van der Waals surface area contributed by atoms with Crippen molar-refractivity contribution in [3.8, 4) is 5.75 Å². The second kappa shape index (κ2) is 6.53. The predicted octanol–water partition coefficient (Wildman–Crippen LogP) is 2.72. The fraction of sp³-hybridized carbons (Fsp3) is 0.250. The van der Waals surface area contributed by atoms with E-state index in [4.69, 9.17) is 12.2 Å². The molecule has 0 amide bonds. The van der Waals surface area contributed by atoms with E-state index in [1.165, 1.54) is 36.4 Å². The van der Waals surface area contributed by atoms with E-state index in [2.05, 4.69) is 5.32 Å². The molecule has 2 aromatic rings. The average Bonchev–Trinajstić information content (AvgIpc) is 3.07. The summed E-state index contributed by atoms with van der Waals surface area (Å²) in [6, 6.07) is 7.05. The number of hydrogen-bond acceptors (Lipinski definition) is 5. The van der Waals surface area contributed by atoms with Gasteiger partial charge in [0.15, 0.2) is 10.9 Å². The van der Waals surface area contributed by atoms with Crippen molar-refractivity contribution in [2.45, 2.75) is 17.9 Å². The summed E-state index contributed by atoms with van der Waals surface area (Å²) in [4.78, 5) is 12.9. The number of nitrogens with one attached hydrogen (secondary N) is 2. The molecule has 3 atom stereocenters. The summed E-state index contributed by atoms with van der Waals surface area (Å²) in [7, 11) is 0. The van der Waals surface area contributed by atoms with Crippen LogP contribution in [0.3, 0.4) is 0 Å². The van der Waals surface area contributed by atoms with Crippen molar-refractivity contribution in [3.05, 3.63) is 52.2 Å². The first kappa shape index (κ1) is 18.6. The monoisotopic (exact) mass is 402 g/mol. The Morgan fingerprint density at radius 1 is 1.27 bits per heavy atom. The summed E-state index contributed by atoms with van der Waals surface area (Å²) in [5, 5.41) is 25.7. The highest BCUT2D eigenvalue weighted by Crippen LogP contribution is 2.44. The Hall–Kier alpha value is -2.17. The van der Waals surface area contributed by atoms with E-state index in [9.17, 15) is 28.2 Å². The van der Waals surface area contributed by atoms with Crippen molar-refractivity contribution < 1.29 is 28.2 Å². The Labute approximate surface area is 155 Å². The van der Waals surface area contributed by atoms with Crippen LogP contribution in [0.2, 0.25) is 0 Å². The summed E-state index contributed by atoms with van der Waals surface area (Å²) < 4.78 is 41.2. The van der Waals surface area contributed by atoms with Crippen LogP contribution >= 0.6 is 23.6 Å². The fourth-order valence-electron chi connectivity index (χ4n) is 2.91. The van der Waals surface area contributed by atoms with Gasteiger partial charge in [-0.1, -0.05) is 18.2 Å². The van der Waals surface area contributed by atoms with Crippen LogP contribution in [-0.4, -0.2) is 33.0 Å². The number of rotatable bonds is 3. The number of aromatic hydroxyl groups is 1. The molecular formula is C16H13F3N2O3S2. The lowest BCUT2D eigenvalue weighted by atomic mass is 9.78. The molecule has 1 fully saturated rings. The number of phenols is 1. The summed E-state index contributed by atoms with van der Waals surface area (Å²) in [6.45, 7) is 0. The normalized spacial score (nSPS) is 26.1. The third-order valence-corrected chi connectivity index (χ3v) is 5.19. The molecule has 1 aliphatic rings. The minimum Gasteiger partial charge on any atom is -0.508 e. The van der Waals surface area contributed by atoms with E-state index in [1.807, 2.05) is 5.32 Å². The van der Waals surface area contributed by atoms with Crippen LogP contribution in [0, 0.1) is 5.92 Å². The van der Waals surface area contributed by atoms with E-state index < -0.39 is 34.8 Å². The molecule has 138 valence electrons. The molecule has 0 bridgehead atoms. The fourth-order valence-corrected chi connectivity index (χ4v) is 3.89. The zero-order chi connectivity index (χ0) is 19.1. The van der Waals surface area contributed by atoms with Crippen LogP contribution < -0.4 is 10.6 Å². The third-order valence-electron chi connectivity index (χ3n) is 4.08. The highest BCUT2D eigenvalue weighted by Gasteiger charge is 2.65. The van der Waals surface area contributed by atoms with Gasteiger partial charge in [0.2, 0.25) is 5.72 Å². The Bertz CT molecular complexity index is 842. The van der Waals surface area contributed by atoms with Crippen molar-refractivity contribution in [1.29, 1.82) is 0 Å². The molecule has 4 N–H and O–H groups in total. The molecule has 0 radical (unpaired) electrons. The van der Waals surface area contributed by atoms with E-state index in [-0.39, 0.29) is 16.2 Å². The van der Waals surface area contributed by atoms with E-state index in [1.54, 1.807) is 5.38 Å². The van der Waals surface area contributed by atoms with Crippen LogP contribution in [0.5, 0.6) is 5.75 Å². The van der Waals surface area contributed by atoms with E-state index in [0.717, 1.165) is 11.3 Å². The molecule has 0 spiro atoms. The molecule has 3 rings (SSSR count). The minimum absolute atomic E-state index is 0.0687. The third kappa shape index (κ3) is 3.15. The van der Waals surface area contributed by atoms with E-state index >= 15 is 0 Å². The number of Topliss-reactive ketones (excluding diaryl/α,β-unsaturated/α-hetero) is 1. The second-order valence-corrected chi connectivity index (χ2v) is 7.11. The van der Waals surface area contributed by atoms with Crippen molar-refractivity contribution in [1.82, 2.24) is 10.6 Å². The van der Waals surface area contributed by atoms with Crippen LogP contribution in [-0.2, 0) is 0 Å². The lowest BCUT2D eigenvalue weighted by Crippen LogP contribution is -2.72. The number of carbonyl (C=O) groups excluding carboxylic acids is 1. The van der Waals surface area contributed by atoms with Gasteiger partial charge in [0.05, 0.1) is 10.9 Å². The Morgan fingerprint density at radius 2 is 2.00 bits per heavy atom. The summed E-state index contributed by atoms with van der Waals surface area (Å²) in [6.07, 6.45) is -5.17. The number of thiocarbonyl (C=S) groups is 1. The topological polar surface area (TPSA) is 81.6 Å². The van der Waals surface area contributed by atoms with Gasteiger partial charge in [-0.2, -0.15) is 13.2 Å². The van der Waals surface area contributed by atoms with Gasteiger partial charge in [0, 0.05) is 0 Å². The summed E-state index contributed by atoms with van der Waals surface area (Å²) in [5.74, 6) is -3.04. The second-order valence-electron chi connectivity index (χ2n) is 5.75.